The van der Waals surface area contributed by atoms with Crippen LogP contribution in [0.4, 0.5) is 0 Å². The molecule has 2 unspecified atom stereocenters. The first-order valence-electron chi connectivity index (χ1n) is 4.06. The highest BCUT2D eigenvalue weighted by Gasteiger charge is 2.13. The van der Waals surface area contributed by atoms with Gasteiger partial charge < -0.3 is 0 Å². The molecular formula is C8H15I3. The van der Waals surface area contributed by atoms with Crippen molar-refractivity contribution < 1.29 is 0 Å². The van der Waals surface area contributed by atoms with Gasteiger partial charge in [0.05, 0.1) is 0 Å². The molecule has 0 aromatic heterocycles. The summed E-state index contributed by atoms with van der Waals surface area (Å²) in [4.78, 5) is 0. The Morgan fingerprint density at radius 3 is 2.09 bits per heavy atom. The molecule has 0 fully saturated rings. The molecule has 0 aliphatic rings. The van der Waals surface area contributed by atoms with E-state index in [1.54, 1.807) is 0 Å². The van der Waals surface area contributed by atoms with E-state index in [2.05, 4.69) is 74.7 Å². The molecule has 0 nitrogen and oxygen atoms in total. The average Bonchev–Trinajstić information content (AvgIpc) is 2.00. The maximum Gasteiger partial charge on any atom is 0.0235 e. The molecule has 0 aromatic carbocycles. The summed E-state index contributed by atoms with van der Waals surface area (Å²) in [7, 11) is 0. The van der Waals surface area contributed by atoms with Crippen LogP contribution in [0.5, 0.6) is 0 Å². The average molecular weight is 492 g/mol. The minimum Gasteiger partial charge on any atom is -0.0863 e. The number of rotatable bonds is 6. The Kier molecular flexibility index (Phi) is 10.5. The van der Waals surface area contributed by atoms with Crippen LogP contribution >= 0.6 is 67.8 Å². The SMILES string of the molecule is CCCCC(I)C(I)CCI. The Bertz CT molecular complexity index is 85.4. The molecule has 0 bridgehead atoms. The Morgan fingerprint density at radius 1 is 1.09 bits per heavy atom. The van der Waals surface area contributed by atoms with Gasteiger partial charge in [-0.25, -0.2) is 0 Å². The lowest BCUT2D eigenvalue weighted by molar-refractivity contribution is 0.680. The molecule has 0 rings (SSSR count). The lowest BCUT2D eigenvalue weighted by Crippen LogP contribution is -2.13. The van der Waals surface area contributed by atoms with E-state index in [1.165, 1.54) is 30.1 Å². The van der Waals surface area contributed by atoms with E-state index < -0.39 is 0 Å². The fraction of sp³-hybridized carbons (Fsp3) is 1.00. The van der Waals surface area contributed by atoms with Gasteiger partial charge in [-0.3, -0.25) is 0 Å². The van der Waals surface area contributed by atoms with Gasteiger partial charge in [0, 0.05) is 12.3 Å². The van der Waals surface area contributed by atoms with Gasteiger partial charge in [-0.2, -0.15) is 0 Å². The predicted octanol–water partition coefficient (Wildman–Crippen LogP) is 4.61. The predicted molar refractivity (Wildman–Crippen MR) is 78.6 cm³/mol. The van der Waals surface area contributed by atoms with Crippen molar-refractivity contribution in [2.75, 3.05) is 4.43 Å². The van der Waals surface area contributed by atoms with Crippen LogP contribution < -0.4 is 0 Å². The van der Waals surface area contributed by atoms with Crippen LogP contribution in [0.1, 0.15) is 32.6 Å². The molecule has 0 spiro atoms. The summed E-state index contributed by atoms with van der Waals surface area (Å²) in [6, 6.07) is 0. The third kappa shape index (κ3) is 7.28. The van der Waals surface area contributed by atoms with E-state index in [1.807, 2.05) is 0 Å². The van der Waals surface area contributed by atoms with Crippen molar-refractivity contribution in [1.82, 2.24) is 0 Å². The summed E-state index contributed by atoms with van der Waals surface area (Å²) in [5.74, 6) is 0. The summed E-state index contributed by atoms with van der Waals surface area (Å²) < 4.78 is 3.08. The van der Waals surface area contributed by atoms with E-state index in [4.69, 9.17) is 0 Å². The van der Waals surface area contributed by atoms with Crippen LogP contribution in [0.25, 0.3) is 0 Å². The van der Waals surface area contributed by atoms with Crippen molar-refractivity contribution in [3.8, 4) is 0 Å². The second-order valence-electron chi connectivity index (χ2n) is 2.65. The van der Waals surface area contributed by atoms with E-state index in [9.17, 15) is 0 Å². The number of alkyl halides is 3. The summed E-state index contributed by atoms with van der Waals surface area (Å²) in [6.07, 6.45) is 5.52. The largest absolute Gasteiger partial charge is 0.0863 e. The van der Waals surface area contributed by atoms with Crippen molar-refractivity contribution in [2.45, 2.75) is 40.5 Å². The highest BCUT2D eigenvalue weighted by Crippen LogP contribution is 2.24. The van der Waals surface area contributed by atoms with Gasteiger partial charge in [-0.05, 0) is 12.8 Å². The van der Waals surface area contributed by atoms with Crippen LogP contribution in [-0.2, 0) is 0 Å². The van der Waals surface area contributed by atoms with Crippen LogP contribution in [0.2, 0.25) is 0 Å². The Balaban J connectivity index is 3.38. The second-order valence-corrected chi connectivity index (χ2v) is 6.93. The molecule has 0 N–H and O–H groups in total. The fourth-order valence-corrected chi connectivity index (χ4v) is 4.20. The molecule has 0 heterocycles. The lowest BCUT2D eigenvalue weighted by atomic mass is 10.1. The van der Waals surface area contributed by atoms with E-state index >= 15 is 0 Å². The van der Waals surface area contributed by atoms with Gasteiger partial charge >= 0.3 is 0 Å². The third-order valence-corrected chi connectivity index (χ3v) is 6.59. The topological polar surface area (TPSA) is 0 Å². The van der Waals surface area contributed by atoms with Crippen LogP contribution in [0.3, 0.4) is 0 Å². The number of halogens is 3. The Morgan fingerprint density at radius 2 is 1.64 bits per heavy atom. The van der Waals surface area contributed by atoms with Gasteiger partial charge in [0.25, 0.3) is 0 Å². The van der Waals surface area contributed by atoms with E-state index in [-0.39, 0.29) is 0 Å². The molecule has 0 saturated heterocycles. The molecule has 0 radical (unpaired) electrons. The van der Waals surface area contributed by atoms with Gasteiger partial charge in [0.2, 0.25) is 0 Å². The smallest absolute Gasteiger partial charge is 0.0235 e. The summed E-state index contributed by atoms with van der Waals surface area (Å²) >= 11 is 7.66. The van der Waals surface area contributed by atoms with E-state index in [0.717, 1.165) is 7.85 Å². The van der Waals surface area contributed by atoms with Gasteiger partial charge in [-0.15, -0.1) is 0 Å². The molecule has 0 aliphatic heterocycles. The van der Waals surface area contributed by atoms with Gasteiger partial charge in [-0.1, -0.05) is 87.5 Å². The first kappa shape index (κ1) is 13.2. The van der Waals surface area contributed by atoms with Gasteiger partial charge in [0.15, 0.2) is 0 Å². The maximum atomic E-state index is 2.60. The first-order chi connectivity index (χ1) is 5.22. The van der Waals surface area contributed by atoms with Crippen LogP contribution in [0.15, 0.2) is 0 Å². The highest BCUT2D eigenvalue weighted by atomic mass is 127. The highest BCUT2D eigenvalue weighted by molar-refractivity contribution is 14.1. The van der Waals surface area contributed by atoms with Crippen molar-refractivity contribution in [1.29, 1.82) is 0 Å². The Hall–Kier alpha value is 2.19. The standard InChI is InChI=1S/C8H15I3/c1-2-3-4-7(10)8(11)5-6-9/h7-8H,2-6H2,1H3. The van der Waals surface area contributed by atoms with Crippen LogP contribution in [-0.4, -0.2) is 12.3 Å². The monoisotopic (exact) mass is 492 g/mol. The molecule has 3 heteroatoms. The third-order valence-electron chi connectivity index (χ3n) is 1.61. The molecule has 0 saturated carbocycles. The van der Waals surface area contributed by atoms with Crippen LogP contribution in [0, 0.1) is 0 Å². The maximum absolute atomic E-state index is 2.60. The zero-order valence-electron chi connectivity index (χ0n) is 6.82. The quantitative estimate of drug-likeness (QED) is 0.376. The molecule has 0 amide bonds. The van der Waals surface area contributed by atoms with Crippen molar-refractivity contribution >= 4 is 67.8 Å². The molecule has 0 aliphatic carbocycles. The van der Waals surface area contributed by atoms with Crippen molar-refractivity contribution in [2.24, 2.45) is 0 Å². The fourth-order valence-electron chi connectivity index (χ4n) is 0.865. The minimum absolute atomic E-state index is 0.886. The second kappa shape index (κ2) is 8.77. The van der Waals surface area contributed by atoms with Crippen molar-refractivity contribution in [3.63, 3.8) is 0 Å². The molecule has 2 atom stereocenters. The zero-order chi connectivity index (χ0) is 8.69. The van der Waals surface area contributed by atoms with E-state index in [0.29, 0.717) is 0 Å². The molecule has 0 aromatic rings. The first-order valence-corrected chi connectivity index (χ1v) is 8.08. The molecular weight excluding hydrogens is 477 g/mol. The van der Waals surface area contributed by atoms with Gasteiger partial charge in [0.1, 0.15) is 0 Å². The number of hydrogen-bond donors (Lipinski definition) is 0. The Labute approximate surface area is 111 Å². The summed E-state index contributed by atoms with van der Waals surface area (Å²) in [5.41, 5.74) is 0. The number of hydrogen-bond acceptors (Lipinski definition) is 0. The zero-order valence-corrected chi connectivity index (χ0v) is 13.3. The van der Waals surface area contributed by atoms with Crippen molar-refractivity contribution in [3.05, 3.63) is 0 Å². The molecule has 11 heavy (non-hydrogen) atoms. The molecule has 68 valence electrons. The summed E-state index contributed by atoms with van der Waals surface area (Å²) in [6.45, 7) is 2.27. The minimum atomic E-state index is 0.886. The lowest BCUT2D eigenvalue weighted by Gasteiger charge is -2.14. The normalized spacial score (nSPS) is 16.4. The summed E-state index contributed by atoms with van der Waals surface area (Å²) in [5, 5.41) is 0. The number of unbranched alkanes of at least 4 members (excludes halogenated alkanes) is 1.